The standard InChI is InChI=1S/C19H36O5/c1-4-6-8-9-14-23-18(20)11-12-19(21)24-16-17(10-7-5-2)13-15-22-3/h17H,4-16H2,1-3H3. The molecular formula is C19H36O5. The van der Waals surface area contributed by atoms with Crippen LogP contribution in [0.25, 0.3) is 0 Å². The summed E-state index contributed by atoms with van der Waals surface area (Å²) in [5.74, 6) is -0.304. The molecule has 0 heterocycles. The van der Waals surface area contributed by atoms with Gasteiger partial charge in [0, 0.05) is 13.7 Å². The number of hydrogen-bond donors (Lipinski definition) is 0. The van der Waals surface area contributed by atoms with Gasteiger partial charge >= 0.3 is 11.9 Å². The monoisotopic (exact) mass is 344 g/mol. The van der Waals surface area contributed by atoms with Gasteiger partial charge in [0.2, 0.25) is 0 Å². The van der Waals surface area contributed by atoms with Gasteiger partial charge in [-0.2, -0.15) is 0 Å². The van der Waals surface area contributed by atoms with Gasteiger partial charge in [0.05, 0.1) is 26.1 Å². The molecule has 24 heavy (non-hydrogen) atoms. The number of rotatable bonds is 16. The minimum absolute atomic E-state index is 0.0958. The van der Waals surface area contributed by atoms with Gasteiger partial charge in [-0.05, 0) is 25.2 Å². The molecule has 0 amide bonds. The number of ether oxygens (including phenoxy) is 3. The van der Waals surface area contributed by atoms with Crippen molar-refractivity contribution in [1.82, 2.24) is 0 Å². The predicted molar refractivity (Wildman–Crippen MR) is 94.8 cm³/mol. The van der Waals surface area contributed by atoms with Crippen molar-refractivity contribution in [3.05, 3.63) is 0 Å². The second-order valence-corrected chi connectivity index (χ2v) is 6.25. The zero-order valence-electron chi connectivity index (χ0n) is 15.8. The summed E-state index contributed by atoms with van der Waals surface area (Å²) < 4.78 is 15.5. The molecule has 0 aliphatic heterocycles. The van der Waals surface area contributed by atoms with Crippen molar-refractivity contribution in [1.29, 1.82) is 0 Å². The Bertz CT molecular complexity index is 309. The Labute approximate surface area is 147 Å². The van der Waals surface area contributed by atoms with E-state index < -0.39 is 0 Å². The minimum Gasteiger partial charge on any atom is -0.466 e. The molecule has 0 spiro atoms. The minimum atomic E-state index is -0.322. The van der Waals surface area contributed by atoms with Crippen LogP contribution < -0.4 is 0 Å². The molecule has 5 nitrogen and oxygen atoms in total. The zero-order valence-corrected chi connectivity index (χ0v) is 15.8. The summed E-state index contributed by atoms with van der Waals surface area (Å²) in [4.78, 5) is 23.3. The summed E-state index contributed by atoms with van der Waals surface area (Å²) in [6.07, 6.45) is 8.65. The highest BCUT2D eigenvalue weighted by Gasteiger charge is 2.13. The van der Waals surface area contributed by atoms with E-state index >= 15 is 0 Å². The van der Waals surface area contributed by atoms with E-state index in [4.69, 9.17) is 14.2 Å². The summed E-state index contributed by atoms with van der Waals surface area (Å²) >= 11 is 0. The Morgan fingerprint density at radius 1 is 0.792 bits per heavy atom. The third kappa shape index (κ3) is 14.5. The van der Waals surface area contributed by atoms with Gasteiger partial charge in [0.1, 0.15) is 0 Å². The Kier molecular flexibility index (Phi) is 16.0. The molecule has 0 aliphatic rings. The molecule has 0 aromatic carbocycles. The maximum Gasteiger partial charge on any atom is 0.306 e. The Morgan fingerprint density at radius 2 is 1.46 bits per heavy atom. The molecule has 0 saturated heterocycles. The highest BCUT2D eigenvalue weighted by molar-refractivity contribution is 5.77. The number of carbonyl (C=O) groups is 2. The van der Waals surface area contributed by atoms with Gasteiger partial charge in [0.25, 0.3) is 0 Å². The topological polar surface area (TPSA) is 61.8 Å². The third-order valence-electron chi connectivity index (χ3n) is 3.97. The smallest absolute Gasteiger partial charge is 0.306 e. The van der Waals surface area contributed by atoms with Crippen molar-refractivity contribution in [3.8, 4) is 0 Å². The largest absolute Gasteiger partial charge is 0.466 e. The highest BCUT2D eigenvalue weighted by atomic mass is 16.5. The molecule has 5 heteroatoms. The molecule has 0 aromatic heterocycles. The lowest BCUT2D eigenvalue weighted by Gasteiger charge is -2.16. The van der Waals surface area contributed by atoms with Gasteiger partial charge < -0.3 is 14.2 Å². The Morgan fingerprint density at radius 3 is 2.08 bits per heavy atom. The van der Waals surface area contributed by atoms with Crippen LogP contribution in [0, 0.1) is 5.92 Å². The van der Waals surface area contributed by atoms with Crippen LogP contribution in [0.5, 0.6) is 0 Å². The molecule has 142 valence electrons. The highest BCUT2D eigenvalue weighted by Crippen LogP contribution is 2.14. The van der Waals surface area contributed by atoms with Crippen molar-refractivity contribution in [3.63, 3.8) is 0 Å². The predicted octanol–water partition coefficient (Wildman–Crippen LogP) is 4.28. The summed E-state index contributed by atoms with van der Waals surface area (Å²) in [5, 5.41) is 0. The first kappa shape index (κ1) is 22.9. The molecule has 0 radical (unpaired) electrons. The van der Waals surface area contributed by atoms with Crippen molar-refractivity contribution < 1.29 is 23.8 Å². The summed E-state index contributed by atoms with van der Waals surface area (Å²) in [7, 11) is 1.68. The lowest BCUT2D eigenvalue weighted by atomic mass is 10.00. The van der Waals surface area contributed by atoms with Crippen LogP contribution in [0.3, 0.4) is 0 Å². The van der Waals surface area contributed by atoms with E-state index in [2.05, 4.69) is 13.8 Å². The first-order chi connectivity index (χ1) is 11.6. The number of methoxy groups -OCH3 is 1. The maximum absolute atomic E-state index is 11.8. The normalized spacial score (nSPS) is 12.0. The molecule has 0 aromatic rings. The molecular weight excluding hydrogens is 308 g/mol. The van der Waals surface area contributed by atoms with E-state index in [1.54, 1.807) is 7.11 Å². The van der Waals surface area contributed by atoms with Gasteiger partial charge in [-0.25, -0.2) is 0 Å². The molecule has 1 atom stereocenters. The fourth-order valence-corrected chi connectivity index (χ4v) is 2.36. The molecule has 0 aliphatic carbocycles. The fraction of sp³-hybridized carbons (Fsp3) is 0.895. The quantitative estimate of drug-likeness (QED) is 0.309. The van der Waals surface area contributed by atoms with E-state index in [1.807, 2.05) is 0 Å². The van der Waals surface area contributed by atoms with Gasteiger partial charge in [-0.15, -0.1) is 0 Å². The maximum atomic E-state index is 11.8. The Hall–Kier alpha value is -1.10. The van der Waals surface area contributed by atoms with Crippen LogP contribution in [-0.4, -0.2) is 38.9 Å². The molecule has 1 unspecified atom stereocenters. The molecule has 0 N–H and O–H groups in total. The fourth-order valence-electron chi connectivity index (χ4n) is 2.36. The third-order valence-corrected chi connectivity index (χ3v) is 3.97. The Balaban J connectivity index is 3.79. The average Bonchev–Trinajstić information content (AvgIpc) is 2.59. The van der Waals surface area contributed by atoms with Crippen LogP contribution in [-0.2, 0) is 23.8 Å². The van der Waals surface area contributed by atoms with Crippen molar-refractivity contribution in [2.24, 2.45) is 5.92 Å². The second-order valence-electron chi connectivity index (χ2n) is 6.25. The number of unbranched alkanes of at least 4 members (excludes halogenated alkanes) is 4. The summed E-state index contributed by atoms with van der Waals surface area (Å²) in [5.41, 5.74) is 0. The van der Waals surface area contributed by atoms with E-state index in [0.29, 0.717) is 25.7 Å². The molecule has 0 saturated carbocycles. The van der Waals surface area contributed by atoms with Crippen LogP contribution in [0.2, 0.25) is 0 Å². The lowest BCUT2D eigenvalue weighted by Crippen LogP contribution is -2.17. The lowest BCUT2D eigenvalue weighted by molar-refractivity contribution is -0.151. The van der Waals surface area contributed by atoms with E-state index in [9.17, 15) is 9.59 Å². The molecule has 0 fully saturated rings. The van der Waals surface area contributed by atoms with Crippen LogP contribution in [0.4, 0.5) is 0 Å². The van der Waals surface area contributed by atoms with Gasteiger partial charge in [-0.1, -0.05) is 46.0 Å². The van der Waals surface area contributed by atoms with Crippen molar-refractivity contribution in [2.45, 2.75) is 78.1 Å². The molecule has 0 rings (SSSR count). The van der Waals surface area contributed by atoms with Crippen LogP contribution in [0.15, 0.2) is 0 Å². The second kappa shape index (κ2) is 16.7. The zero-order chi connectivity index (χ0) is 18.0. The van der Waals surface area contributed by atoms with Crippen LogP contribution in [0.1, 0.15) is 78.1 Å². The first-order valence-corrected chi connectivity index (χ1v) is 9.44. The SMILES string of the molecule is CCCCCCOC(=O)CCC(=O)OCC(CCCC)CCOC. The number of hydrogen-bond acceptors (Lipinski definition) is 5. The average molecular weight is 344 g/mol. The summed E-state index contributed by atoms with van der Waals surface area (Å²) in [6, 6.07) is 0. The van der Waals surface area contributed by atoms with E-state index in [1.165, 1.54) is 0 Å². The van der Waals surface area contributed by atoms with E-state index in [0.717, 1.165) is 51.4 Å². The number of esters is 2. The van der Waals surface area contributed by atoms with Crippen LogP contribution >= 0.6 is 0 Å². The molecule has 0 bridgehead atoms. The number of carbonyl (C=O) groups excluding carboxylic acids is 2. The van der Waals surface area contributed by atoms with Crippen molar-refractivity contribution in [2.75, 3.05) is 26.9 Å². The first-order valence-electron chi connectivity index (χ1n) is 9.44. The van der Waals surface area contributed by atoms with Gasteiger partial charge in [0.15, 0.2) is 0 Å². The van der Waals surface area contributed by atoms with Gasteiger partial charge in [-0.3, -0.25) is 9.59 Å². The van der Waals surface area contributed by atoms with E-state index in [-0.39, 0.29) is 24.8 Å². The summed E-state index contributed by atoms with van der Waals surface area (Å²) in [6.45, 7) is 5.82. The van der Waals surface area contributed by atoms with Crippen molar-refractivity contribution >= 4 is 11.9 Å².